The van der Waals surface area contributed by atoms with Crippen molar-refractivity contribution < 1.29 is 18.4 Å². The summed E-state index contributed by atoms with van der Waals surface area (Å²) in [5.74, 6) is 1.60. The molecule has 1 aliphatic rings. The SMILES string of the molecule is O=C(CCn1ccnc1)N1CCC(c2nc(CCOc3ccc(F)cc3)no2)C1. The van der Waals surface area contributed by atoms with E-state index in [2.05, 4.69) is 15.1 Å². The predicted molar refractivity (Wildman–Crippen MR) is 101 cm³/mol. The van der Waals surface area contributed by atoms with E-state index in [0.717, 1.165) is 6.42 Å². The Morgan fingerprint density at radius 2 is 2.17 bits per heavy atom. The first-order valence-corrected chi connectivity index (χ1v) is 9.62. The third-order valence-corrected chi connectivity index (χ3v) is 4.93. The number of hydrogen-bond acceptors (Lipinski definition) is 6. The smallest absolute Gasteiger partial charge is 0.231 e. The molecule has 0 N–H and O–H groups in total. The quantitative estimate of drug-likeness (QED) is 0.578. The van der Waals surface area contributed by atoms with Crippen LogP contribution in [0, 0.1) is 5.82 Å². The van der Waals surface area contributed by atoms with Gasteiger partial charge in [-0.25, -0.2) is 9.37 Å². The highest BCUT2D eigenvalue weighted by atomic mass is 19.1. The Hall–Kier alpha value is -3.23. The van der Waals surface area contributed by atoms with Crippen LogP contribution in [0.5, 0.6) is 5.75 Å². The summed E-state index contributed by atoms with van der Waals surface area (Å²) in [6, 6.07) is 5.86. The second-order valence-electron chi connectivity index (χ2n) is 6.98. The molecule has 0 aliphatic carbocycles. The van der Waals surface area contributed by atoms with Crippen LogP contribution in [0.2, 0.25) is 0 Å². The maximum atomic E-state index is 12.9. The first kappa shape index (κ1) is 19.1. The fourth-order valence-corrected chi connectivity index (χ4v) is 3.32. The molecule has 4 rings (SSSR count). The maximum absolute atomic E-state index is 12.9. The van der Waals surface area contributed by atoms with Crippen molar-refractivity contribution in [1.29, 1.82) is 0 Å². The molecule has 8 nitrogen and oxygen atoms in total. The zero-order valence-electron chi connectivity index (χ0n) is 15.9. The van der Waals surface area contributed by atoms with Crippen molar-refractivity contribution in [3.05, 3.63) is 60.5 Å². The van der Waals surface area contributed by atoms with Gasteiger partial charge in [0.15, 0.2) is 5.82 Å². The van der Waals surface area contributed by atoms with Crippen molar-refractivity contribution in [3.8, 4) is 5.75 Å². The summed E-state index contributed by atoms with van der Waals surface area (Å²) in [6.07, 6.45) is 7.00. The predicted octanol–water partition coefficient (Wildman–Crippen LogP) is 2.43. The van der Waals surface area contributed by atoms with Crippen molar-refractivity contribution >= 4 is 5.91 Å². The number of ether oxygens (including phenoxy) is 1. The number of hydrogen-bond donors (Lipinski definition) is 0. The Bertz CT molecular complexity index is 926. The van der Waals surface area contributed by atoms with Crippen LogP contribution in [0.4, 0.5) is 4.39 Å². The fraction of sp³-hybridized carbons (Fsp3) is 0.400. The van der Waals surface area contributed by atoms with E-state index in [1.54, 1.807) is 24.7 Å². The number of amides is 1. The highest BCUT2D eigenvalue weighted by Crippen LogP contribution is 2.26. The van der Waals surface area contributed by atoms with Crippen molar-refractivity contribution in [2.45, 2.75) is 31.7 Å². The summed E-state index contributed by atoms with van der Waals surface area (Å²) < 4.78 is 25.7. The van der Waals surface area contributed by atoms with Gasteiger partial charge in [0.25, 0.3) is 0 Å². The number of imidazole rings is 1. The Kier molecular flexibility index (Phi) is 5.83. The highest BCUT2D eigenvalue weighted by molar-refractivity contribution is 5.76. The van der Waals surface area contributed by atoms with Crippen LogP contribution < -0.4 is 4.74 Å². The van der Waals surface area contributed by atoms with Gasteiger partial charge in [-0.3, -0.25) is 4.79 Å². The summed E-state index contributed by atoms with van der Waals surface area (Å²) >= 11 is 0. The number of aromatic nitrogens is 4. The lowest BCUT2D eigenvalue weighted by Crippen LogP contribution is -2.29. The molecule has 1 saturated heterocycles. The third kappa shape index (κ3) is 4.98. The molecule has 9 heteroatoms. The Labute approximate surface area is 167 Å². The van der Waals surface area contributed by atoms with Crippen LogP contribution in [0.1, 0.15) is 30.5 Å². The average molecular weight is 399 g/mol. The molecule has 0 spiro atoms. The number of rotatable bonds is 8. The lowest BCUT2D eigenvalue weighted by atomic mass is 10.1. The number of halogens is 1. The number of benzene rings is 1. The minimum atomic E-state index is -0.300. The molecule has 1 amide bonds. The van der Waals surface area contributed by atoms with Crippen molar-refractivity contribution in [2.75, 3.05) is 19.7 Å². The van der Waals surface area contributed by atoms with Gasteiger partial charge in [-0.15, -0.1) is 0 Å². The molecule has 1 aliphatic heterocycles. The molecule has 0 bridgehead atoms. The van der Waals surface area contributed by atoms with E-state index >= 15 is 0 Å². The number of aryl methyl sites for hydroxylation is 1. The molecule has 1 atom stereocenters. The minimum Gasteiger partial charge on any atom is -0.493 e. The van der Waals surface area contributed by atoms with Crippen LogP contribution in [-0.4, -0.2) is 50.2 Å². The molecular weight excluding hydrogens is 377 g/mol. The van der Waals surface area contributed by atoms with Crippen LogP contribution in [0.25, 0.3) is 0 Å². The van der Waals surface area contributed by atoms with Crippen molar-refractivity contribution in [3.63, 3.8) is 0 Å². The standard InChI is InChI=1S/C20H22FN5O3/c21-16-1-3-17(4-2-16)28-12-7-18-23-20(29-24-18)15-5-10-26(13-15)19(27)6-9-25-11-8-22-14-25/h1-4,8,11,14-15H,5-7,9-10,12-13H2. The van der Waals surface area contributed by atoms with Gasteiger partial charge in [0.1, 0.15) is 11.6 Å². The first-order valence-electron chi connectivity index (χ1n) is 9.62. The fourth-order valence-electron chi connectivity index (χ4n) is 3.32. The van der Waals surface area contributed by atoms with Crippen molar-refractivity contribution in [2.24, 2.45) is 0 Å². The summed E-state index contributed by atoms with van der Waals surface area (Å²) in [4.78, 5) is 22.7. The zero-order valence-corrected chi connectivity index (χ0v) is 15.9. The molecule has 0 radical (unpaired) electrons. The van der Waals surface area contributed by atoms with E-state index in [-0.39, 0.29) is 17.6 Å². The second-order valence-corrected chi connectivity index (χ2v) is 6.98. The number of carbonyl (C=O) groups excluding carboxylic acids is 1. The van der Waals surface area contributed by atoms with Gasteiger partial charge in [0.2, 0.25) is 11.8 Å². The maximum Gasteiger partial charge on any atom is 0.231 e. The molecule has 3 aromatic rings. The van der Waals surface area contributed by atoms with Gasteiger partial charge in [-0.2, -0.15) is 4.98 Å². The van der Waals surface area contributed by atoms with Gasteiger partial charge in [0, 0.05) is 44.9 Å². The van der Waals surface area contributed by atoms with Gasteiger partial charge >= 0.3 is 0 Å². The van der Waals surface area contributed by atoms with E-state index in [0.29, 0.717) is 56.5 Å². The molecule has 152 valence electrons. The Balaban J connectivity index is 1.23. The lowest BCUT2D eigenvalue weighted by Gasteiger charge is -2.15. The number of carbonyl (C=O) groups is 1. The number of likely N-dealkylation sites (tertiary alicyclic amines) is 1. The van der Waals surface area contributed by atoms with E-state index in [4.69, 9.17) is 9.26 Å². The van der Waals surface area contributed by atoms with Crippen molar-refractivity contribution in [1.82, 2.24) is 24.6 Å². The Morgan fingerprint density at radius 1 is 1.31 bits per heavy atom. The topological polar surface area (TPSA) is 86.3 Å². The largest absolute Gasteiger partial charge is 0.493 e. The zero-order chi connectivity index (χ0) is 20.1. The number of nitrogens with zero attached hydrogens (tertiary/aromatic N) is 5. The molecule has 2 aromatic heterocycles. The molecule has 1 aromatic carbocycles. The minimum absolute atomic E-state index is 0.0615. The molecule has 0 saturated carbocycles. The summed E-state index contributed by atoms with van der Waals surface area (Å²) in [5.41, 5.74) is 0. The van der Waals surface area contributed by atoms with Crippen LogP contribution in [0.3, 0.4) is 0 Å². The van der Waals surface area contributed by atoms with Gasteiger partial charge in [0.05, 0.1) is 18.9 Å². The third-order valence-electron chi connectivity index (χ3n) is 4.93. The molecule has 1 unspecified atom stereocenters. The first-order chi connectivity index (χ1) is 14.2. The van der Waals surface area contributed by atoms with E-state index in [1.165, 1.54) is 12.1 Å². The van der Waals surface area contributed by atoms with Crippen LogP contribution in [-0.2, 0) is 17.8 Å². The van der Waals surface area contributed by atoms with E-state index in [9.17, 15) is 9.18 Å². The Morgan fingerprint density at radius 3 is 2.97 bits per heavy atom. The normalized spacial score (nSPS) is 16.3. The van der Waals surface area contributed by atoms with Crippen LogP contribution in [0.15, 0.2) is 47.5 Å². The molecule has 3 heterocycles. The average Bonchev–Trinajstić information content (AvgIpc) is 3.49. The van der Waals surface area contributed by atoms with E-state index < -0.39 is 0 Å². The second kappa shape index (κ2) is 8.85. The van der Waals surface area contributed by atoms with E-state index in [1.807, 2.05) is 15.7 Å². The summed E-state index contributed by atoms with van der Waals surface area (Å²) in [6.45, 7) is 2.28. The van der Waals surface area contributed by atoms with Gasteiger partial charge in [-0.1, -0.05) is 5.16 Å². The highest BCUT2D eigenvalue weighted by Gasteiger charge is 2.30. The molecule has 1 fully saturated rings. The van der Waals surface area contributed by atoms with Crippen LogP contribution >= 0.6 is 0 Å². The lowest BCUT2D eigenvalue weighted by molar-refractivity contribution is -0.130. The molecular formula is C20H22FN5O3. The van der Waals surface area contributed by atoms with Gasteiger partial charge < -0.3 is 18.7 Å². The summed E-state index contributed by atoms with van der Waals surface area (Å²) in [7, 11) is 0. The molecule has 29 heavy (non-hydrogen) atoms. The monoisotopic (exact) mass is 399 g/mol. The summed E-state index contributed by atoms with van der Waals surface area (Å²) in [5, 5.41) is 4.01. The van der Waals surface area contributed by atoms with Gasteiger partial charge in [-0.05, 0) is 30.7 Å².